The molecule has 1 atom stereocenters. The van der Waals surface area contributed by atoms with Crippen LogP contribution in [-0.2, 0) is 4.79 Å². The van der Waals surface area contributed by atoms with Crippen LogP contribution in [0.3, 0.4) is 0 Å². The first-order valence-corrected chi connectivity index (χ1v) is 8.15. The molecule has 0 aliphatic carbocycles. The van der Waals surface area contributed by atoms with Crippen LogP contribution in [0.5, 0.6) is 23.0 Å². The number of nitrogens with zero attached hydrogens (tertiary/aromatic N) is 2. The number of rotatable bonds is 6. The van der Waals surface area contributed by atoms with E-state index in [-0.39, 0.29) is 18.0 Å². The molecule has 2 aromatic rings. The van der Waals surface area contributed by atoms with Gasteiger partial charge in [-0.1, -0.05) is 12.1 Å². The predicted molar refractivity (Wildman–Crippen MR) is 98.3 cm³/mol. The van der Waals surface area contributed by atoms with Crippen molar-refractivity contribution in [3.05, 3.63) is 52.1 Å². The molecular formula is C18H17N3O7. The number of fused-ring (bicyclic) bond motifs is 1. The molecule has 1 heterocycles. The molecule has 0 fully saturated rings. The van der Waals surface area contributed by atoms with Crippen molar-refractivity contribution in [3.8, 4) is 23.0 Å². The highest BCUT2D eigenvalue weighted by Gasteiger charge is 2.27. The third-order valence-electron chi connectivity index (χ3n) is 3.91. The second-order valence-electron chi connectivity index (χ2n) is 5.62. The number of ether oxygens (including phenoxy) is 4. The highest BCUT2D eigenvalue weighted by Crippen LogP contribution is 2.33. The number of hydrogen-bond donors (Lipinski definition) is 1. The number of hydrogen-bond acceptors (Lipinski definition) is 8. The second-order valence-corrected chi connectivity index (χ2v) is 5.62. The lowest BCUT2D eigenvalue weighted by molar-refractivity contribution is -0.385. The highest BCUT2D eigenvalue weighted by atomic mass is 16.6. The molecule has 3 rings (SSSR count). The molecule has 0 unspecified atom stereocenters. The minimum absolute atomic E-state index is 0.0374. The fraction of sp³-hybridized carbons (Fsp3) is 0.222. The van der Waals surface area contributed by atoms with E-state index in [0.29, 0.717) is 22.8 Å². The Morgan fingerprint density at radius 2 is 1.96 bits per heavy atom. The second kappa shape index (κ2) is 8.25. The molecule has 10 nitrogen and oxygen atoms in total. The zero-order valence-electron chi connectivity index (χ0n) is 15.1. The lowest BCUT2D eigenvalue weighted by atomic mass is 10.1. The summed E-state index contributed by atoms with van der Waals surface area (Å²) in [6, 6.07) is 9.61. The first-order chi connectivity index (χ1) is 13.5. The van der Waals surface area contributed by atoms with Crippen LogP contribution in [0.15, 0.2) is 41.5 Å². The third-order valence-corrected chi connectivity index (χ3v) is 3.91. The zero-order valence-corrected chi connectivity index (χ0v) is 15.1. The fourth-order valence-corrected chi connectivity index (χ4v) is 2.54. The fourth-order valence-electron chi connectivity index (χ4n) is 2.54. The Morgan fingerprint density at radius 1 is 1.25 bits per heavy atom. The van der Waals surface area contributed by atoms with E-state index in [2.05, 4.69) is 10.5 Å². The van der Waals surface area contributed by atoms with E-state index in [9.17, 15) is 14.9 Å². The Labute approximate surface area is 159 Å². The lowest BCUT2D eigenvalue weighted by Gasteiger charge is -2.24. The first kappa shape index (κ1) is 19.0. The van der Waals surface area contributed by atoms with Crippen molar-refractivity contribution in [1.29, 1.82) is 0 Å². The Bertz CT molecular complexity index is 929. The van der Waals surface area contributed by atoms with Crippen LogP contribution in [-0.4, -0.2) is 44.0 Å². The Morgan fingerprint density at radius 3 is 2.64 bits per heavy atom. The lowest BCUT2D eigenvalue weighted by Crippen LogP contribution is -2.42. The van der Waals surface area contributed by atoms with Crippen molar-refractivity contribution in [2.24, 2.45) is 5.10 Å². The van der Waals surface area contributed by atoms with E-state index in [1.165, 1.54) is 32.6 Å². The number of benzene rings is 2. The Hall–Kier alpha value is -3.82. The Balaban J connectivity index is 1.71. The average molecular weight is 387 g/mol. The molecule has 2 aromatic carbocycles. The molecule has 0 saturated carbocycles. The van der Waals surface area contributed by atoms with Gasteiger partial charge in [0.25, 0.3) is 5.91 Å². The quantitative estimate of drug-likeness (QED) is 0.456. The van der Waals surface area contributed by atoms with Gasteiger partial charge in [-0.2, -0.15) is 5.10 Å². The number of para-hydroxylation sites is 2. The van der Waals surface area contributed by atoms with Gasteiger partial charge in [0, 0.05) is 17.7 Å². The van der Waals surface area contributed by atoms with Crippen LogP contribution < -0.4 is 24.4 Å². The molecule has 0 radical (unpaired) electrons. The largest absolute Gasteiger partial charge is 0.496 e. The van der Waals surface area contributed by atoms with E-state index >= 15 is 0 Å². The maximum absolute atomic E-state index is 12.2. The molecule has 10 heteroatoms. The van der Waals surface area contributed by atoms with Gasteiger partial charge in [0.2, 0.25) is 11.9 Å². The van der Waals surface area contributed by atoms with E-state index in [0.717, 1.165) is 0 Å². The minimum Gasteiger partial charge on any atom is -0.496 e. The van der Waals surface area contributed by atoms with Crippen molar-refractivity contribution in [2.75, 3.05) is 20.8 Å². The van der Waals surface area contributed by atoms with Gasteiger partial charge in [0.15, 0.2) is 11.5 Å². The van der Waals surface area contributed by atoms with Crippen LogP contribution in [0.4, 0.5) is 5.69 Å². The molecule has 1 amide bonds. The predicted octanol–water partition coefficient (Wildman–Crippen LogP) is 1.90. The van der Waals surface area contributed by atoms with Crippen molar-refractivity contribution >= 4 is 17.8 Å². The summed E-state index contributed by atoms with van der Waals surface area (Å²) in [6.07, 6.45) is 0.361. The summed E-state index contributed by atoms with van der Waals surface area (Å²) in [5.41, 5.74) is 2.37. The summed E-state index contributed by atoms with van der Waals surface area (Å²) in [6.45, 7) is 0.0374. The van der Waals surface area contributed by atoms with E-state index in [4.69, 9.17) is 18.9 Å². The van der Waals surface area contributed by atoms with E-state index < -0.39 is 16.9 Å². The third kappa shape index (κ3) is 3.95. The standard InChI is InChI=1S/C18H17N3O7/c1-25-15-8-16(26-2)12(21(23)24)7-11(15)9-19-20-18(22)17-10-27-13-5-3-4-6-14(13)28-17/h3-9,17H,10H2,1-2H3,(H,20,22)/b19-9-/t17-/m1/s1. The zero-order chi connectivity index (χ0) is 20.1. The summed E-state index contributed by atoms with van der Waals surface area (Å²) in [5.74, 6) is 0.851. The van der Waals surface area contributed by atoms with Crippen molar-refractivity contribution in [1.82, 2.24) is 5.43 Å². The number of methoxy groups -OCH3 is 2. The number of carbonyl (C=O) groups excluding carboxylic acids is 1. The normalized spacial score (nSPS) is 15.1. The van der Waals surface area contributed by atoms with Gasteiger partial charge >= 0.3 is 5.69 Å². The summed E-state index contributed by atoms with van der Waals surface area (Å²) < 4.78 is 21.2. The van der Waals surface area contributed by atoms with Crippen LogP contribution in [0, 0.1) is 10.1 Å². The van der Waals surface area contributed by atoms with Crippen LogP contribution in [0.2, 0.25) is 0 Å². The van der Waals surface area contributed by atoms with E-state index in [1.54, 1.807) is 24.3 Å². The van der Waals surface area contributed by atoms with E-state index in [1.807, 2.05) is 0 Å². The SMILES string of the molecule is COc1cc(OC)c([N+](=O)[O-])cc1/C=N\NC(=O)[C@H]1COc2ccccc2O1. The van der Waals surface area contributed by atoms with Gasteiger partial charge in [-0.05, 0) is 12.1 Å². The van der Waals surface area contributed by atoms with Gasteiger partial charge in [-0.3, -0.25) is 14.9 Å². The van der Waals surface area contributed by atoms with Crippen molar-refractivity contribution < 1.29 is 28.7 Å². The maximum Gasteiger partial charge on any atom is 0.311 e. The molecule has 0 spiro atoms. The summed E-state index contributed by atoms with van der Waals surface area (Å²) in [5, 5.41) is 15.0. The van der Waals surface area contributed by atoms with Crippen LogP contribution >= 0.6 is 0 Å². The maximum atomic E-state index is 12.2. The number of nitro groups is 1. The molecule has 1 aliphatic rings. The van der Waals surface area contributed by atoms with Gasteiger partial charge in [-0.25, -0.2) is 5.43 Å². The van der Waals surface area contributed by atoms with Crippen LogP contribution in [0.25, 0.3) is 0 Å². The molecule has 0 bridgehead atoms. The van der Waals surface area contributed by atoms with Gasteiger partial charge < -0.3 is 18.9 Å². The molecule has 0 saturated heterocycles. The van der Waals surface area contributed by atoms with Crippen LogP contribution in [0.1, 0.15) is 5.56 Å². The molecular weight excluding hydrogens is 370 g/mol. The number of amides is 1. The summed E-state index contributed by atoms with van der Waals surface area (Å²) in [4.78, 5) is 22.8. The molecule has 0 aromatic heterocycles. The first-order valence-electron chi connectivity index (χ1n) is 8.15. The molecule has 146 valence electrons. The highest BCUT2D eigenvalue weighted by molar-refractivity contribution is 5.88. The Kier molecular flexibility index (Phi) is 5.58. The summed E-state index contributed by atoms with van der Waals surface area (Å²) in [7, 11) is 2.72. The molecule has 1 aliphatic heterocycles. The topological polar surface area (TPSA) is 122 Å². The van der Waals surface area contributed by atoms with Crippen molar-refractivity contribution in [2.45, 2.75) is 6.10 Å². The minimum atomic E-state index is -0.876. The number of hydrazone groups is 1. The smallest absolute Gasteiger partial charge is 0.311 e. The van der Waals surface area contributed by atoms with Crippen molar-refractivity contribution in [3.63, 3.8) is 0 Å². The number of carbonyl (C=O) groups is 1. The monoisotopic (exact) mass is 387 g/mol. The average Bonchev–Trinajstić information content (AvgIpc) is 2.72. The molecule has 1 N–H and O–H groups in total. The summed E-state index contributed by atoms with van der Waals surface area (Å²) >= 11 is 0. The number of nitrogens with one attached hydrogen (secondary N) is 1. The van der Waals surface area contributed by atoms with Gasteiger partial charge in [0.05, 0.1) is 25.4 Å². The van der Waals surface area contributed by atoms with Gasteiger partial charge in [-0.15, -0.1) is 0 Å². The molecule has 28 heavy (non-hydrogen) atoms. The number of nitro benzene ring substituents is 1. The van der Waals surface area contributed by atoms with Gasteiger partial charge in [0.1, 0.15) is 12.4 Å².